The third-order valence-corrected chi connectivity index (χ3v) is 4.98. The van der Waals surface area contributed by atoms with Crippen molar-refractivity contribution in [3.05, 3.63) is 12.5 Å². The average Bonchev–Trinajstić information content (AvgIpc) is 2.83. The predicted octanol–water partition coefficient (Wildman–Crippen LogP) is -0.179. The second-order valence-electron chi connectivity index (χ2n) is 4.68. The summed E-state index contributed by atoms with van der Waals surface area (Å²) < 4.78 is 28.6. The SMILES string of the molecule is CCn1cnc(S(=O)(=O)NC2C3CNCC32)c1.Cl. The molecule has 2 fully saturated rings. The van der Waals surface area contributed by atoms with Gasteiger partial charge in [0.25, 0.3) is 10.0 Å². The van der Waals surface area contributed by atoms with Crippen LogP contribution in [-0.2, 0) is 16.6 Å². The third-order valence-electron chi connectivity index (χ3n) is 3.63. The van der Waals surface area contributed by atoms with Gasteiger partial charge >= 0.3 is 0 Å². The van der Waals surface area contributed by atoms with Crippen LogP contribution in [0.25, 0.3) is 0 Å². The van der Waals surface area contributed by atoms with Crippen molar-refractivity contribution in [3.63, 3.8) is 0 Å². The Hall–Kier alpha value is -0.630. The summed E-state index contributed by atoms with van der Waals surface area (Å²) in [6.45, 7) is 4.51. The molecule has 1 aromatic heterocycles. The largest absolute Gasteiger partial charge is 0.336 e. The van der Waals surface area contributed by atoms with E-state index in [-0.39, 0.29) is 23.5 Å². The van der Waals surface area contributed by atoms with Gasteiger partial charge in [-0.3, -0.25) is 0 Å². The van der Waals surface area contributed by atoms with Crippen molar-refractivity contribution < 1.29 is 8.42 Å². The van der Waals surface area contributed by atoms with E-state index in [4.69, 9.17) is 0 Å². The maximum Gasteiger partial charge on any atom is 0.259 e. The van der Waals surface area contributed by atoms with E-state index in [1.54, 1.807) is 17.1 Å². The normalized spacial score (nSPS) is 29.7. The second-order valence-corrected chi connectivity index (χ2v) is 6.34. The Morgan fingerprint density at radius 1 is 1.50 bits per heavy atom. The summed E-state index contributed by atoms with van der Waals surface area (Å²) in [5, 5.41) is 3.36. The van der Waals surface area contributed by atoms with Gasteiger partial charge in [-0.2, -0.15) is 0 Å². The van der Waals surface area contributed by atoms with Crippen molar-refractivity contribution in [2.75, 3.05) is 13.1 Å². The molecule has 1 aliphatic carbocycles. The van der Waals surface area contributed by atoms with Crippen molar-refractivity contribution >= 4 is 22.4 Å². The Balaban J connectivity index is 0.00000120. The van der Waals surface area contributed by atoms with Crippen molar-refractivity contribution in [2.24, 2.45) is 11.8 Å². The topological polar surface area (TPSA) is 76.0 Å². The Kier molecular flexibility index (Phi) is 3.68. The fraction of sp³-hybridized carbons (Fsp3) is 0.700. The number of aromatic nitrogens is 2. The molecule has 2 unspecified atom stereocenters. The van der Waals surface area contributed by atoms with Crippen LogP contribution < -0.4 is 10.0 Å². The van der Waals surface area contributed by atoms with Gasteiger partial charge < -0.3 is 9.88 Å². The van der Waals surface area contributed by atoms with E-state index in [0.29, 0.717) is 11.8 Å². The Morgan fingerprint density at radius 2 is 2.17 bits per heavy atom. The minimum atomic E-state index is -3.44. The minimum absolute atomic E-state index is 0. The smallest absolute Gasteiger partial charge is 0.259 e. The van der Waals surface area contributed by atoms with Gasteiger partial charge in [0, 0.05) is 18.8 Å². The molecule has 1 saturated heterocycles. The van der Waals surface area contributed by atoms with E-state index in [1.807, 2.05) is 6.92 Å². The number of sulfonamides is 1. The molecule has 2 heterocycles. The summed E-state index contributed by atoms with van der Waals surface area (Å²) in [6.07, 6.45) is 3.11. The van der Waals surface area contributed by atoms with Crippen LogP contribution in [0.15, 0.2) is 17.6 Å². The maximum atomic E-state index is 12.0. The lowest BCUT2D eigenvalue weighted by molar-refractivity contribution is 0.562. The van der Waals surface area contributed by atoms with E-state index in [2.05, 4.69) is 15.0 Å². The van der Waals surface area contributed by atoms with Crippen LogP contribution in [0.3, 0.4) is 0 Å². The number of aryl methyl sites for hydroxylation is 1. The lowest BCUT2D eigenvalue weighted by atomic mass is 10.4. The number of piperidine rings is 1. The number of rotatable bonds is 4. The molecular formula is C10H17ClN4O2S. The highest BCUT2D eigenvalue weighted by Crippen LogP contribution is 2.42. The molecule has 0 amide bonds. The molecule has 0 aromatic carbocycles. The quantitative estimate of drug-likeness (QED) is 0.807. The molecule has 1 aliphatic heterocycles. The van der Waals surface area contributed by atoms with E-state index < -0.39 is 10.0 Å². The zero-order chi connectivity index (χ0) is 12.0. The van der Waals surface area contributed by atoms with Gasteiger partial charge in [0.15, 0.2) is 5.03 Å². The summed E-state index contributed by atoms with van der Waals surface area (Å²) in [4.78, 5) is 3.93. The van der Waals surface area contributed by atoms with Crippen LogP contribution in [0, 0.1) is 11.8 Å². The van der Waals surface area contributed by atoms with Gasteiger partial charge in [0.1, 0.15) is 0 Å². The van der Waals surface area contributed by atoms with Crippen LogP contribution in [-0.4, -0.2) is 37.1 Å². The fourth-order valence-electron chi connectivity index (χ4n) is 2.48. The van der Waals surface area contributed by atoms with Crippen LogP contribution in [0.1, 0.15) is 6.92 Å². The van der Waals surface area contributed by atoms with E-state index >= 15 is 0 Å². The summed E-state index contributed by atoms with van der Waals surface area (Å²) in [7, 11) is -3.44. The monoisotopic (exact) mass is 292 g/mol. The number of nitrogens with one attached hydrogen (secondary N) is 2. The van der Waals surface area contributed by atoms with Crippen molar-refractivity contribution in [1.29, 1.82) is 0 Å². The number of nitrogens with zero attached hydrogens (tertiary/aromatic N) is 2. The molecule has 2 atom stereocenters. The first-order valence-electron chi connectivity index (χ1n) is 5.86. The number of imidazole rings is 1. The van der Waals surface area contributed by atoms with Crippen LogP contribution >= 0.6 is 12.4 Å². The Morgan fingerprint density at radius 3 is 2.72 bits per heavy atom. The minimum Gasteiger partial charge on any atom is -0.336 e. The molecule has 0 radical (unpaired) electrons. The van der Waals surface area contributed by atoms with Crippen molar-refractivity contribution in [3.8, 4) is 0 Å². The highest BCUT2D eigenvalue weighted by molar-refractivity contribution is 7.89. The fourth-order valence-corrected chi connectivity index (χ4v) is 3.77. The molecule has 6 nitrogen and oxygen atoms in total. The van der Waals surface area contributed by atoms with Gasteiger partial charge in [-0.05, 0) is 31.8 Å². The maximum absolute atomic E-state index is 12.0. The predicted molar refractivity (Wildman–Crippen MR) is 69.1 cm³/mol. The molecule has 1 saturated carbocycles. The molecular weight excluding hydrogens is 276 g/mol. The number of hydrogen-bond acceptors (Lipinski definition) is 4. The third kappa shape index (κ3) is 2.27. The molecule has 1 aromatic rings. The van der Waals surface area contributed by atoms with Gasteiger partial charge in [0.2, 0.25) is 0 Å². The second kappa shape index (κ2) is 4.80. The molecule has 0 spiro atoms. The molecule has 2 N–H and O–H groups in total. The summed E-state index contributed by atoms with van der Waals surface area (Å²) in [5.74, 6) is 0.941. The number of fused-ring (bicyclic) bond motifs is 1. The van der Waals surface area contributed by atoms with E-state index in [9.17, 15) is 8.42 Å². The molecule has 18 heavy (non-hydrogen) atoms. The zero-order valence-corrected chi connectivity index (χ0v) is 11.7. The number of halogens is 1. The lowest BCUT2D eigenvalue weighted by Gasteiger charge is -2.06. The molecule has 102 valence electrons. The van der Waals surface area contributed by atoms with Crippen molar-refractivity contribution in [1.82, 2.24) is 19.6 Å². The highest BCUT2D eigenvalue weighted by atomic mass is 35.5. The van der Waals surface area contributed by atoms with Crippen molar-refractivity contribution in [2.45, 2.75) is 24.5 Å². The first kappa shape index (κ1) is 13.8. The lowest BCUT2D eigenvalue weighted by Crippen LogP contribution is -2.32. The zero-order valence-electron chi connectivity index (χ0n) is 10.0. The summed E-state index contributed by atoms with van der Waals surface area (Å²) in [5.41, 5.74) is 0. The first-order chi connectivity index (χ1) is 8.12. The molecule has 8 heteroatoms. The van der Waals surface area contributed by atoms with E-state index in [1.165, 1.54) is 0 Å². The molecule has 0 bridgehead atoms. The van der Waals surface area contributed by atoms with Gasteiger partial charge in [0.05, 0.1) is 6.33 Å². The molecule has 3 rings (SSSR count). The van der Waals surface area contributed by atoms with E-state index in [0.717, 1.165) is 19.6 Å². The Bertz CT molecular complexity index is 520. The standard InChI is InChI=1S/C10H16N4O2S.ClH/c1-2-14-5-9(12-6-14)17(15,16)13-10-7-3-11-4-8(7)10;/h5-8,10-11,13H,2-4H2,1H3;1H. The highest BCUT2D eigenvalue weighted by Gasteiger charge is 2.54. The first-order valence-corrected chi connectivity index (χ1v) is 7.35. The molecule has 2 aliphatic rings. The van der Waals surface area contributed by atoms with Gasteiger partial charge in [-0.15, -0.1) is 12.4 Å². The number of hydrogen-bond donors (Lipinski definition) is 2. The average molecular weight is 293 g/mol. The summed E-state index contributed by atoms with van der Waals surface area (Å²) in [6, 6.07) is 0.105. The Labute approximate surface area is 113 Å². The van der Waals surface area contributed by atoms with Crippen LogP contribution in [0.4, 0.5) is 0 Å². The van der Waals surface area contributed by atoms with Crippen LogP contribution in [0.5, 0.6) is 0 Å². The van der Waals surface area contributed by atoms with Gasteiger partial charge in [-0.25, -0.2) is 18.1 Å². The van der Waals surface area contributed by atoms with Gasteiger partial charge in [-0.1, -0.05) is 0 Å². The van der Waals surface area contributed by atoms with Crippen LogP contribution in [0.2, 0.25) is 0 Å². The summed E-state index contributed by atoms with van der Waals surface area (Å²) >= 11 is 0.